The van der Waals surface area contributed by atoms with E-state index in [1.54, 1.807) is 0 Å². The Morgan fingerprint density at radius 1 is 1.20 bits per heavy atom. The molecule has 0 saturated heterocycles. The second kappa shape index (κ2) is 6.03. The molecule has 2 aromatic rings. The first kappa shape index (κ1) is 14.5. The predicted octanol–water partition coefficient (Wildman–Crippen LogP) is 3.52. The molecule has 1 atom stereocenters. The molecule has 0 fully saturated rings. The van der Waals surface area contributed by atoms with Gasteiger partial charge >= 0.3 is 0 Å². The summed E-state index contributed by atoms with van der Waals surface area (Å²) in [6, 6.07) is 2.16. The Hall–Kier alpha value is -1.91. The Kier molecular flexibility index (Phi) is 4.37. The average molecular weight is 274 g/mol. The van der Waals surface area contributed by atoms with E-state index >= 15 is 0 Å². The van der Waals surface area contributed by atoms with E-state index in [1.165, 1.54) is 0 Å². The van der Waals surface area contributed by atoms with Crippen molar-refractivity contribution in [1.29, 1.82) is 0 Å². The lowest BCUT2D eigenvalue weighted by Crippen LogP contribution is -2.13. The molecule has 0 saturated carbocycles. The molecule has 5 heteroatoms. The quantitative estimate of drug-likeness (QED) is 0.903. The molecule has 0 bridgehead atoms. The van der Waals surface area contributed by atoms with Crippen molar-refractivity contribution >= 4 is 5.82 Å². The molecular weight excluding hydrogens is 252 g/mol. The topological polar surface area (TPSA) is 63.8 Å². The molecule has 0 radical (unpaired) electrons. The van der Waals surface area contributed by atoms with Gasteiger partial charge in [0, 0.05) is 17.3 Å². The fourth-order valence-electron chi connectivity index (χ4n) is 2.43. The smallest absolute Gasteiger partial charge is 0.139 e. The highest BCUT2D eigenvalue weighted by Gasteiger charge is 2.19. The van der Waals surface area contributed by atoms with Crippen molar-refractivity contribution < 1.29 is 4.52 Å². The van der Waals surface area contributed by atoms with Crippen LogP contribution < -0.4 is 5.32 Å². The van der Waals surface area contributed by atoms with Gasteiger partial charge in [-0.25, -0.2) is 9.97 Å². The maximum atomic E-state index is 5.26. The van der Waals surface area contributed by atoms with Gasteiger partial charge in [0.2, 0.25) is 0 Å². The monoisotopic (exact) mass is 274 g/mol. The largest absolute Gasteiger partial charge is 0.363 e. The van der Waals surface area contributed by atoms with E-state index in [-0.39, 0.29) is 6.04 Å². The summed E-state index contributed by atoms with van der Waals surface area (Å²) in [5.74, 6) is 2.52. The maximum Gasteiger partial charge on any atom is 0.139 e. The molecule has 0 aromatic carbocycles. The number of aromatic nitrogens is 3. The molecule has 1 N–H and O–H groups in total. The van der Waals surface area contributed by atoms with Gasteiger partial charge in [0.1, 0.15) is 17.4 Å². The Labute approximate surface area is 119 Å². The zero-order chi connectivity index (χ0) is 14.7. The Balaban J connectivity index is 2.29. The summed E-state index contributed by atoms with van der Waals surface area (Å²) in [5, 5.41) is 7.51. The normalized spacial score (nSPS) is 12.4. The molecule has 0 aliphatic heterocycles. The fourth-order valence-corrected chi connectivity index (χ4v) is 2.43. The zero-order valence-electron chi connectivity index (χ0n) is 12.8. The molecular formula is C15H22N4O. The van der Waals surface area contributed by atoms with Crippen LogP contribution in [0.25, 0.3) is 0 Å². The second-order valence-electron chi connectivity index (χ2n) is 4.99. The number of nitrogens with zero attached hydrogens (tertiary/aromatic N) is 3. The first-order valence-electron chi connectivity index (χ1n) is 7.09. The first-order valence-corrected chi connectivity index (χ1v) is 7.09. The van der Waals surface area contributed by atoms with E-state index < -0.39 is 0 Å². The van der Waals surface area contributed by atoms with Crippen LogP contribution in [0.4, 0.5) is 5.82 Å². The minimum atomic E-state index is 0.153. The summed E-state index contributed by atoms with van der Waals surface area (Å²) in [5.41, 5.74) is 3.11. The van der Waals surface area contributed by atoms with Gasteiger partial charge < -0.3 is 9.84 Å². The third kappa shape index (κ3) is 2.98. The van der Waals surface area contributed by atoms with Gasteiger partial charge in [0.25, 0.3) is 0 Å². The van der Waals surface area contributed by atoms with Crippen LogP contribution in [-0.4, -0.2) is 15.1 Å². The molecule has 0 aliphatic rings. The summed E-state index contributed by atoms with van der Waals surface area (Å²) in [7, 11) is 0. The highest BCUT2D eigenvalue weighted by atomic mass is 16.5. The fraction of sp³-hybridized carbons (Fsp3) is 0.533. The molecule has 2 heterocycles. The number of hydrogen-bond acceptors (Lipinski definition) is 5. The summed E-state index contributed by atoms with van der Waals surface area (Å²) >= 11 is 0. The van der Waals surface area contributed by atoms with E-state index in [0.29, 0.717) is 0 Å². The average Bonchev–Trinajstić information content (AvgIpc) is 2.75. The van der Waals surface area contributed by atoms with Crippen LogP contribution in [0.2, 0.25) is 0 Å². The molecule has 2 aromatic heterocycles. The molecule has 20 heavy (non-hydrogen) atoms. The van der Waals surface area contributed by atoms with Gasteiger partial charge in [0.05, 0.1) is 11.7 Å². The van der Waals surface area contributed by atoms with Crippen LogP contribution in [0.1, 0.15) is 54.8 Å². The minimum Gasteiger partial charge on any atom is -0.363 e. The van der Waals surface area contributed by atoms with Crippen molar-refractivity contribution in [3.63, 3.8) is 0 Å². The Morgan fingerprint density at radius 3 is 2.50 bits per heavy atom. The third-order valence-corrected chi connectivity index (χ3v) is 3.42. The highest BCUT2D eigenvalue weighted by molar-refractivity contribution is 5.41. The van der Waals surface area contributed by atoms with Crippen LogP contribution >= 0.6 is 0 Å². The van der Waals surface area contributed by atoms with Crippen molar-refractivity contribution in [3.05, 3.63) is 34.6 Å². The second-order valence-corrected chi connectivity index (χ2v) is 4.99. The predicted molar refractivity (Wildman–Crippen MR) is 78.8 cm³/mol. The van der Waals surface area contributed by atoms with Crippen molar-refractivity contribution in [1.82, 2.24) is 15.1 Å². The first-order chi connectivity index (χ1) is 9.55. The number of hydrogen-bond donors (Lipinski definition) is 1. The lowest BCUT2D eigenvalue weighted by molar-refractivity contribution is 0.391. The van der Waals surface area contributed by atoms with Gasteiger partial charge in [0.15, 0.2) is 0 Å². The zero-order valence-corrected chi connectivity index (χ0v) is 12.8. The summed E-state index contributed by atoms with van der Waals surface area (Å²) in [6.07, 6.45) is 1.84. The van der Waals surface area contributed by atoms with Gasteiger partial charge in [-0.3, -0.25) is 0 Å². The molecule has 108 valence electrons. The lowest BCUT2D eigenvalue weighted by atomic mass is 10.0. The van der Waals surface area contributed by atoms with E-state index in [0.717, 1.165) is 47.2 Å². The molecule has 2 rings (SSSR count). The summed E-state index contributed by atoms with van der Waals surface area (Å²) < 4.78 is 5.26. The third-order valence-electron chi connectivity index (χ3n) is 3.42. The number of rotatable bonds is 5. The van der Waals surface area contributed by atoms with Crippen LogP contribution in [0.5, 0.6) is 0 Å². The Morgan fingerprint density at radius 2 is 1.95 bits per heavy atom. The summed E-state index contributed by atoms with van der Waals surface area (Å²) in [4.78, 5) is 8.87. The molecule has 0 spiro atoms. The molecule has 0 aliphatic carbocycles. The number of nitrogens with one attached hydrogen (secondary N) is 1. The standard InChI is InChI=1S/C15H22N4O/c1-6-12-8-14(17-11(5)16-12)18-13(7-2)15-9(3)19-20-10(15)4/h8,13H,6-7H2,1-5H3,(H,16,17,18). The minimum absolute atomic E-state index is 0.153. The van der Waals surface area contributed by atoms with E-state index in [9.17, 15) is 0 Å². The van der Waals surface area contributed by atoms with Gasteiger partial charge in [-0.15, -0.1) is 0 Å². The maximum absolute atomic E-state index is 5.26. The summed E-state index contributed by atoms with van der Waals surface area (Å²) in [6.45, 7) is 10.1. The van der Waals surface area contributed by atoms with Gasteiger partial charge in [-0.1, -0.05) is 19.0 Å². The van der Waals surface area contributed by atoms with E-state index in [2.05, 4.69) is 34.3 Å². The van der Waals surface area contributed by atoms with Crippen molar-refractivity contribution in [2.45, 2.75) is 53.5 Å². The molecule has 5 nitrogen and oxygen atoms in total. The number of anilines is 1. The SMILES string of the molecule is CCc1cc(NC(CC)c2c(C)noc2C)nc(C)n1. The van der Waals surface area contributed by atoms with Gasteiger partial charge in [-0.2, -0.15) is 0 Å². The number of aryl methyl sites for hydroxylation is 4. The lowest BCUT2D eigenvalue weighted by Gasteiger charge is -2.18. The van der Waals surface area contributed by atoms with Crippen molar-refractivity contribution in [2.75, 3.05) is 5.32 Å². The van der Waals surface area contributed by atoms with Crippen molar-refractivity contribution in [3.8, 4) is 0 Å². The van der Waals surface area contributed by atoms with Crippen LogP contribution in [0.15, 0.2) is 10.6 Å². The van der Waals surface area contributed by atoms with Crippen LogP contribution in [0, 0.1) is 20.8 Å². The van der Waals surface area contributed by atoms with E-state index in [1.807, 2.05) is 26.8 Å². The van der Waals surface area contributed by atoms with E-state index in [4.69, 9.17) is 4.52 Å². The Bertz CT molecular complexity index is 572. The molecule has 0 amide bonds. The van der Waals surface area contributed by atoms with Crippen LogP contribution in [-0.2, 0) is 6.42 Å². The van der Waals surface area contributed by atoms with Gasteiger partial charge in [-0.05, 0) is 33.6 Å². The van der Waals surface area contributed by atoms with Crippen LogP contribution in [0.3, 0.4) is 0 Å². The highest BCUT2D eigenvalue weighted by Crippen LogP contribution is 2.27. The van der Waals surface area contributed by atoms with Crippen molar-refractivity contribution in [2.24, 2.45) is 0 Å². The molecule has 1 unspecified atom stereocenters.